The standard InChI is InChI=1S/C26H32N4O3Si/c1-32-23-8-6-5-7-19(23)22-16-30(17-33-13-14-34(2,3)4)25-20(22)9-10-24(28-25)29-26(31)21-15-18(21)11-12-27/h5-10,16,18,21H,11,13-15,17H2,1-4H3,(H,28,29,31). The van der Waals surface area contributed by atoms with E-state index in [1.165, 1.54) is 0 Å². The molecule has 0 aliphatic heterocycles. The minimum Gasteiger partial charge on any atom is -0.496 e. The largest absolute Gasteiger partial charge is 0.496 e. The maximum atomic E-state index is 12.6. The predicted octanol–water partition coefficient (Wildman–Crippen LogP) is 5.51. The smallest absolute Gasteiger partial charge is 0.228 e. The normalized spacial score (nSPS) is 17.4. The second-order valence-corrected chi connectivity index (χ2v) is 15.7. The Morgan fingerprint density at radius 2 is 2.03 bits per heavy atom. The van der Waals surface area contributed by atoms with E-state index in [4.69, 9.17) is 19.7 Å². The van der Waals surface area contributed by atoms with Gasteiger partial charge in [0.1, 0.15) is 23.9 Å². The number of fused-ring (bicyclic) bond motifs is 1. The van der Waals surface area contributed by atoms with Gasteiger partial charge in [-0.05, 0) is 36.6 Å². The molecule has 4 rings (SSSR count). The highest BCUT2D eigenvalue weighted by Crippen LogP contribution is 2.42. The van der Waals surface area contributed by atoms with Crippen LogP contribution in [-0.4, -0.2) is 37.2 Å². The molecule has 7 nitrogen and oxygen atoms in total. The van der Waals surface area contributed by atoms with Crippen molar-refractivity contribution in [1.82, 2.24) is 9.55 Å². The molecule has 1 saturated carbocycles. The molecule has 34 heavy (non-hydrogen) atoms. The van der Waals surface area contributed by atoms with Crippen LogP contribution < -0.4 is 10.1 Å². The number of carbonyl (C=O) groups excluding carboxylic acids is 1. The zero-order valence-electron chi connectivity index (χ0n) is 20.3. The number of amides is 1. The van der Waals surface area contributed by atoms with Crippen LogP contribution in [0.5, 0.6) is 5.75 Å². The number of aromatic nitrogens is 2. The average Bonchev–Trinajstić information content (AvgIpc) is 3.49. The van der Waals surface area contributed by atoms with Gasteiger partial charge in [-0.3, -0.25) is 4.79 Å². The van der Waals surface area contributed by atoms with E-state index in [0.29, 0.717) is 25.6 Å². The van der Waals surface area contributed by atoms with Crippen LogP contribution in [0.3, 0.4) is 0 Å². The SMILES string of the molecule is COc1ccccc1-c1cn(COCC[Si](C)(C)C)c2nc(NC(=O)C3CC3CC#N)ccc12. The Labute approximate surface area is 201 Å². The number of ether oxygens (including phenoxy) is 2. The summed E-state index contributed by atoms with van der Waals surface area (Å²) in [5.74, 6) is 1.29. The molecule has 0 saturated heterocycles. The van der Waals surface area contributed by atoms with Crippen LogP contribution in [0.1, 0.15) is 12.8 Å². The Balaban J connectivity index is 1.63. The molecule has 0 radical (unpaired) electrons. The summed E-state index contributed by atoms with van der Waals surface area (Å²) in [5.41, 5.74) is 2.73. The lowest BCUT2D eigenvalue weighted by atomic mass is 10.0. The molecule has 2 heterocycles. The third kappa shape index (κ3) is 5.49. The number of nitrogens with one attached hydrogen (secondary N) is 1. The van der Waals surface area contributed by atoms with Gasteiger partial charge in [-0.2, -0.15) is 5.26 Å². The fraction of sp³-hybridized carbons (Fsp3) is 0.423. The van der Waals surface area contributed by atoms with E-state index in [9.17, 15) is 4.79 Å². The van der Waals surface area contributed by atoms with Gasteiger partial charge in [0.25, 0.3) is 0 Å². The lowest BCUT2D eigenvalue weighted by Gasteiger charge is -2.15. The molecule has 2 unspecified atom stereocenters. The van der Waals surface area contributed by atoms with Gasteiger partial charge in [-0.1, -0.05) is 37.8 Å². The number of nitriles is 1. The minimum atomic E-state index is -1.19. The van der Waals surface area contributed by atoms with Gasteiger partial charge in [0.05, 0.1) is 13.2 Å². The number of benzene rings is 1. The van der Waals surface area contributed by atoms with Gasteiger partial charge < -0.3 is 19.4 Å². The van der Waals surface area contributed by atoms with Crippen LogP contribution >= 0.6 is 0 Å². The Morgan fingerprint density at radius 1 is 1.24 bits per heavy atom. The molecule has 8 heteroatoms. The molecule has 1 aliphatic rings. The molecular weight excluding hydrogens is 444 g/mol. The maximum absolute atomic E-state index is 12.6. The number of para-hydroxylation sites is 1. The van der Waals surface area contributed by atoms with Gasteiger partial charge in [-0.25, -0.2) is 4.98 Å². The summed E-state index contributed by atoms with van der Waals surface area (Å²) in [4.78, 5) is 17.4. The van der Waals surface area contributed by atoms with Crippen molar-refractivity contribution in [3.63, 3.8) is 0 Å². The fourth-order valence-corrected chi connectivity index (χ4v) is 4.84. The van der Waals surface area contributed by atoms with Gasteiger partial charge in [0, 0.05) is 49.7 Å². The van der Waals surface area contributed by atoms with Crippen molar-refractivity contribution in [2.24, 2.45) is 11.8 Å². The lowest BCUT2D eigenvalue weighted by Crippen LogP contribution is -2.22. The topological polar surface area (TPSA) is 89.2 Å². The van der Waals surface area contributed by atoms with E-state index in [0.717, 1.165) is 40.4 Å². The van der Waals surface area contributed by atoms with Crippen LogP contribution in [0.15, 0.2) is 42.6 Å². The molecule has 178 valence electrons. The highest BCUT2D eigenvalue weighted by Gasteiger charge is 2.42. The monoisotopic (exact) mass is 476 g/mol. The second kappa shape index (κ2) is 10.00. The average molecular weight is 477 g/mol. The molecule has 2 aromatic heterocycles. The van der Waals surface area contributed by atoms with Gasteiger partial charge in [0.15, 0.2) is 0 Å². The first-order chi connectivity index (χ1) is 16.3. The molecule has 3 aromatic rings. The molecule has 1 N–H and O–H groups in total. The quantitative estimate of drug-likeness (QED) is 0.308. The fourth-order valence-electron chi connectivity index (χ4n) is 4.09. The highest BCUT2D eigenvalue weighted by molar-refractivity contribution is 6.76. The molecule has 1 amide bonds. The van der Waals surface area contributed by atoms with E-state index in [1.807, 2.05) is 47.2 Å². The van der Waals surface area contributed by atoms with E-state index in [-0.39, 0.29) is 17.7 Å². The maximum Gasteiger partial charge on any atom is 0.228 e. The number of pyridine rings is 1. The van der Waals surface area contributed by atoms with Crippen LogP contribution in [0, 0.1) is 23.2 Å². The second-order valence-electron chi connectivity index (χ2n) is 10.1. The van der Waals surface area contributed by atoms with Crippen LogP contribution in [0.4, 0.5) is 5.82 Å². The van der Waals surface area contributed by atoms with E-state index in [1.54, 1.807) is 7.11 Å². The summed E-state index contributed by atoms with van der Waals surface area (Å²) in [6, 6.07) is 15.0. The summed E-state index contributed by atoms with van der Waals surface area (Å²) in [6.45, 7) is 8.08. The number of carbonyl (C=O) groups is 1. The molecule has 1 aliphatic carbocycles. The Hall–Kier alpha value is -3.15. The summed E-state index contributed by atoms with van der Waals surface area (Å²) in [6.07, 6.45) is 3.23. The van der Waals surface area contributed by atoms with Crippen molar-refractivity contribution in [3.05, 3.63) is 42.6 Å². The van der Waals surface area contributed by atoms with Crippen molar-refractivity contribution >= 4 is 30.8 Å². The van der Waals surface area contributed by atoms with E-state index in [2.05, 4.69) is 31.0 Å². The summed E-state index contributed by atoms with van der Waals surface area (Å²) in [7, 11) is 0.481. The first-order valence-electron chi connectivity index (χ1n) is 11.7. The van der Waals surface area contributed by atoms with Crippen LogP contribution in [0.2, 0.25) is 25.7 Å². The van der Waals surface area contributed by atoms with Crippen molar-refractivity contribution in [2.45, 2.75) is 45.3 Å². The molecule has 1 fully saturated rings. The number of hydrogen-bond acceptors (Lipinski definition) is 5. The third-order valence-electron chi connectivity index (χ3n) is 6.21. The number of rotatable bonds is 10. The van der Waals surface area contributed by atoms with E-state index < -0.39 is 8.07 Å². The van der Waals surface area contributed by atoms with Crippen molar-refractivity contribution in [3.8, 4) is 22.9 Å². The van der Waals surface area contributed by atoms with Crippen molar-refractivity contribution in [2.75, 3.05) is 19.0 Å². The number of methoxy groups -OCH3 is 1. The zero-order chi connectivity index (χ0) is 24.3. The Morgan fingerprint density at radius 3 is 2.76 bits per heavy atom. The predicted molar refractivity (Wildman–Crippen MR) is 136 cm³/mol. The van der Waals surface area contributed by atoms with Gasteiger partial charge in [-0.15, -0.1) is 0 Å². The van der Waals surface area contributed by atoms with Crippen molar-refractivity contribution in [1.29, 1.82) is 5.26 Å². The summed E-state index contributed by atoms with van der Waals surface area (Å²) >= 11 is 0. The minimum absolute atomic E-state index is 0.0680. The van der Waals surface area contributed by atoms with Gasteiger partial charge in [0.2, 0.25) is 5.91 Å². The number of nitrogens with zero attached hydrogens (tertiary/aromatic N) is 3. The summed E-state index contributed by atoms with van der Waals surface area (Å²) in [5, 5.41) is 12.8. The lowest BCUT2D eigenvalue weighted by molar-refractivity contribution is -0.117. The van der Waals surface area contributed by atoms with Gasteiger partial charge >= 0.3 is 0 Å². The van der Waals surface area contributed by atoms with Crippen molar-refractivity contribution < 1.29 is 14.3 Å². The van der Waals surface area contributed by atoms with E-state index >= 15 is 0 Å². The molecule has 0 spiro atoms. The molecular formula is C26H32N4O3Si. The summed E-state index contributed by atoms with van der Waals surface area (Å²) < 4.78 is 13.6. The first kappa shape index (κ1) is 24.0. The first-order valence-corrected chi connectivity index (χ1v) is 15.4. The zero-order valence-corrected chi connectivity index (χ0v) is 21.3. The molecule has 1 aromatic carbocycles. The van der Waals surface area contributed by atoms with Crippen LogP contribution in [-0.2, 0) is 16.3 Å². The Kier molecular flexibility index (Phi) is 7.05. The Bertz CT molecular complexity index is 1220. The molecule has 0 bridgehead atoms. The number of anilines is 1. The highest BCUT2D eigenvalue weighted by atomic mass is 28.3. The third-order valence-corrected chi connectivity index (χ3v) is 7.91. The van der Waals surface area contributed by atoms with Crippen LogP contribution in [0.25, 0.3) is 22.2 Å². The number of hydrogen-bond donors (Lipinski definition) is 1. The molecule has 2 atom stereocenters.